The predicted octanol–water partition coefficient (Wildman–Crippen LogP) is 2.72. The number of hydrogen-bond acceptors (Lipinski definition) is 3. The second-order valence-corrected chi connectivity index (χ2v) is 4.91. The molecule has 2 N–H and O–H groups in total. The SMILES string of the molecule is Cc1cccc2cc(C(=O)NC(C)CCC(=O)O)oc12. The van der Waals surface area contributed by atoms with E-state index in [2.05, 4.69) is 5.32 Å². The molecule has 0 aliphatic rings. The molecule has 2 rings (SSSR count). The Bertz CT molecular complexity index is 644. The molecule has 20 heavy (non-hydrogen) atoms. The number of amides is 1. The molecule has 0 aliphatic heterocycles. The van der Waals surface area contributed by atoms with Crippen LogP contribution in [0.4, 0.5) is 0 Å². The smallest absolute Gasteiger partial charge is 0.303 e. The molecule has 0 saturated heterocycles. The number of fused-ring (bicyclic) bond motifs is 1. The highest BCUT2D eigenvalue weighted by Crippen LogP contribution is 2.22. The summed E-state index contributed by atoms with van der Waals surface area (Å²) in [5.41, 5.74) is 1.68. The van der Waals surface area contributed by atoms with Crippen molar-refractivity contribution in [2.24, 2.45) is 0 Å². The number of carbonyl (C=O) groups excluding carboxylic acids is 1. The number of aliphatic carboxylic acids is 1. The molecule has 0 fully saturated rings. The van der Waals surface area contributed by atoms with Crippen molar-refractivity contribution in [3.05, 3.63) is 35.6 Å². The zero-order valence-corrected chi connectivity index (χ0v) is 11.5. The van der Waals surface area contributed by atoms with Crippen molar-refractivity contribution in [3.8, 4) is 0 Å². The summed E-state index contributed by atoms with van der Waals surface area (Å²) in [5.74, 6) is -0.944. The number of hydrogen-bond donors (Lipinski definition) is 2. The van der Waals surface area contributed by atoms with Crippen LogP contribution in [0, 0.1) is 6.92 Å². The second-order valence-electron chi connectivity index (χ2n) is 4.91. The van der Waals surface area contributed by atoms with Gasteiger partial charge in [0.1, 0.15) is 5.58 Å². The van der Waals surface area contributed by atoms with Gasteiger partial charge in [0.25, 0.3) is 5.91 Å². The lowest BCUT2D eigenvalue weighted by Crippen LogP contribution is -2.32. The lowest BCUT2D eigenvalue weighted by molar-refractivity contribution is -0.137. The minimum Gasteiger partial charge on any atom is -0.481 e. The molecule has 106 valence electrons. The number of carboxylic acid groups (broad SMARTS) is 1. The molecule has 1 amide bonds. The van der Waals surface area contributed by atoms with Crippen LogP contribution < -0.4 is 5.32 Å². The number of carboxylic acids is 1. The zero-order chi connectivity index (χ0) is 14.7. The van der Waals surface area contributed by atoms with E-state index >= 15 is 0 Å². The topological polar surface area (TPSA) is 79.5 Å². The molecular weight excluding hydrogens is 258 g/mol. The van der Waals surface area contributed by atoms with Gasteiger partial charge in [0.05, 0.1) is 0 Å². The van der Waals surface area contributed by atoms with Gasteiger partial charge in [0, 0.05) is 17.8 Å². The lowest BCUT2D eigenvalue weighted by Gasteiger charge is -2.11. The van der Waals surface area contributed by atoms with E-state index in [1.54, 1.807) is 13.0 Å². The third-order valence-corrected chi connectivity index (χ3v) is 3.13. The molecule has 0 bridgehead atoms. The van der Waals surface area contributed by atoms with Gasteiger partial charge >= 0.3 is 5.97 Å². The summed E-state index contributed by atoms with van der Waals surface area (Å²) < 4.78 is 5.56. The van der Waals surface area contributed by atoms with Gasteiger partial charge < -0.3 is 14.8 Å². The summed E-state index contributed by atoms with van der Waals surface area (Å²) in [7, 11) is 0. The fourth-order valence-electron chi connectivity index (χ4n) is 2.03. The van der Waals surface area contributed by atoms with E-state index in [9.17, 15) is 9.59 Å². The Labute approximate surface area is 116 Å². The minimum absolute atomic E-state index is 0.0285. The van der Waals surface area contributed by atoms with E-state index in [-0.39, 0.29) is 24.1 Å². The number of carbonyl (C=O) groups is 2. The fourth-order valence-corrected chi connectivity index (χ4v) is 2.03. The molecule has 0 aliphatic carbocycles. The molecule has 1 aromatic heterocycles. The van der Waals surface area contributed by atoms with E-state index < -0.39 is 5.97 Å². The van der Waals surface area contributed by atoms with Crippen molar-refractivity contribution in [1.29, 1.82) is 0 Å². The summed E-state index contributed by atoms with van der Waals surface area (Å²) in [6.07, 6.45) is 0.418. The van der Waals surface area contributed by atoms with Crippen LogP contribution in [0.2, 0.25) is 0 Å². The molecule has 1 unspecified atom stereocenters. The van der Waals surface area contributed by atoms with Crippen molar-refractivity contribution < 1.29 is 19.1 Å². The predicted molar refractivity (Wildman–Crippen MR) is 74.7 cm³/mol. The Morgan fingerprint density at radius 2 is 2.15 bits per heavy atom. The van der Waals surface area contributed by atoms with Crippen LogP contribution in [-0.4, -0.2) is 23.0 Å². The highest BCUT2D eigenvalue weighted by Gasteiger charge is 2.15. The van der Waals surface area contributed by atoms with Crippen LogP contribution in [0.3, 0.4) is 0 Å². The molecule has 0 spiro atoms. The number of benzene rings is 1. The van der Waals surface area contributed by atoms with Crippen molar-refractivity contribution in [2.45, 2.75) is 32.7 Å². The van der Waals surface area contributed by atoms with Crippen molar-refractivity contribution >= 4 is 22.8 Å². The Morgan fingerprint density at radius 1 is 1.40 bits per heavy atom. The highest BCUT2D eigenvalue weighted by atomic mass is 16.4. The quantitative estimate of drug-likeness (QED) is 0.879. The molecule has 5 nitrogen and oxygen atoms in total. The molecule has 1 atom stereocenters. The van der Waals surface area contributed by atoms with Crippen LogP contribution in [0.15, 0.2) is 28.7 Å². The van der Waals surface area contributed by atoms with Crippen molar-refractivity contribution in [2.75, 3.05) is 0 Å². The van der Waals surface area contributed by atoms with E-state index in [1.807, 2.05) is 25.1 Å². The molecule has 2 aromatic rings. The molecule has 0 radical (unpaired) electrons. The highest BCUT2D eigenvalue weighted by molar-refractivity contribution is 5.96. The molecular formula is C15H17NO4. The Kier molecular flexibility index (Phi) is 4.08. The average molecular weight is 275 g/mol. The second kappa shape index (κ2) is 5.77. The van der Waals surface area contributed by atoms with Crippen LogP contribution in [-0.2, 0) is 4.79 Å². The fraction of sp³-hybridized carbons (Fsp3) is 0.333. The third kappa shape index (κ3) is 3.17. The van der Waals surface area contributed by atoms with Gasteiger partial charge in [-0.15, -0.1) is 0 Å². The van der Waals surface area contributed by atoms with Gasteiger partial charge in [0.15, 0.2) is 5.76 Å². The van der Waals surface area contributed by atoms with Gasteiger partial charge in [-0.25, -0.2) is 0 Å². The maximum atomic E-state index is 12.0. The Morgan fingerprint density at radius 3 is 2.80 bits per heavy atom. The summed E-state index contributed by atoms with van der Waals surface area (Å²) in [4.78, 5) is 22.5. The summed E-state index contributed by atoms with van der Waals surface area (Å²) >= 11 is 0. The largest absolute Gasteiger partial charge is 0.481 e. The van der Waals surface area contributed by atoms with Crippen LogP contribution in [0.5, 0.6) is 0 Å². The van der Waals surface area contributed by atoms with Crippen molar-refractivity contribution in [3.63, 3.8) is 0 Å². The van der Waals surface area contributed by atoms with E-state index in [0.29, 0.717) is 12.0 Å². The van der Waals surface area contributed by atoms with Gasteiger partial charge in [-0.05, 0) is 31.9 Å². The van der Waals surface area contributed by atoms with Crippen molar-refractivity contribution in [1.82, 2.24) is 5.32 Å². The Hall–Kier alpha value is -2.30. The first-order chi connectivity index (χ1) is 9.47. The molecule has 1 aromatic carbocycles. The van der Waals surface area contributed by atoms with Crippen LogP contribution in [0.25, 0.3) is 11.0 Å². The minimum atomic E-state index is -0.870. The molecule has 0 saturated carbocycles. The van der Waals surface area contributed by atoms with Crippen LogP contribution >= 0.6 is 0 Å². The van der Waals surface area contributed by atoms with E-state index in [1.165, 1.54) is 0 Å². The first kappa shape index (κ1) is 14.1. The summed E-state index contributed by atoms with van der Waals surface area (Å²) in [6.45, 7) is 3.69. The van der Waals surface area contributed by atoms with Gasteiger partial charge in [-0.3, -0.25) is 9.59 Å². The van der Waals surface area contributed by atoms with Crippen LogP contribution in [0.1, 0.15) is 35.9 Å². The maximum absolute atomic E-state index is 12.0. The number of aryl methyl sites for hydroxylation is 1. The van der Waals surface area contributed by atoms with E-state index in [4.69, 9.17) is 9.52 Å². The average Bonchev–Trinajstić information content (AvgIpc) is 2.82. The number of nitrogens with one attached hydrogen (secondary N) is 1. The van der Waals surface area contributed by atoms with Gasteiger partial charge in [-0.2, -0.15) is 0 Å². The van der Waals surface area contributed by atoms with Gasteiger partial charge in [0.2, 0.25) is 0 Å². The van der Waals surface area contributed by atoms with Gasteiger partial charge in [-0.1, -0.05) is 18.2 Å². The third-order valence-electron chi connectivity index (χ3n) is 3.13. The number of para-hydroxylation sites is 1. The first-order valence-electron chi connectivity index (χ1n) is 6.49. The number of furan rings is 1. The number of rotatable bonds is 5. The monoisotopic (exact) mass is 275 g/mol. The normalized spacial score (nSPS) is 12.3. The first-order valence-corrected chi connectivity index (χ1v) is 6.49. The molecule has 1 heterocycles. The zero-order valence-electron chi connectivity index (χ0n) is 11.5. The summed E-state index contributed by atoms with van der Waals surface area (Å²) in [5, 5.41) is 12.2. The Balaban J connectivity index is 2.07. The molecule has 5 heteroatoms. The maximum Gasteiger partial charge on any atom is 0.303 e. The summed E-state index contributed by atoms with van der Waals surface area (Å²) in [6, 6.07) is 7.19. The lowest BCUT2D eigenvalue weighted by atomic mass is 10.1. The standard InChI is InChI=1S/C15H17NO4/c1-9-4-3-5-11-8-12(20-14(9)11)15(19)16-10(2)6-7-13(17)18/h3-5,8,10H,6-7H2,1-2H3,(H,16,19)(H,17,18). The van der Waals surface area contributed by atoms with E-state index in [0.717, 1.165) is 10.9 Å².